The van der Waals surface area contributed by atoms with Crippen molar-refractivity contribution in [2.75, 3.05) is 13.2 Å². The second-order valence-electron chi connectivity index (χ2n) is 18.3. The van der Waals surface area contributed by atoms with Gasteiger partial charge in [-0.05, 0) is 25.2 Å². The summed E-state index contributed by atoms with van der Waals surface area (Å²) in [4.78, 5) is 37.8. The van der Waals surface area contributed by atoms with Gasteiger partial charge in [-0.1, -0.05) is 252 Å². The molecule has 0 radical (unpaired) electrons. The van der Waals surface area contributed by atoms with Gasteiger partial charge in [0.1, 0.15) is 13.2 Å². The average Bonchev–Trinajstić information content (AvgIpc) is 3.21. The summed E-state index contributed by atoms with van der Waals surface area (Å²) in [7, 11) is 0. The predicted molar refractivity (Wildman–Crippen MR) is 247 cm³/mol. The van der Waals surface area contributed by atoms with E-state index in [1.165, 1.54) is 186 Å². The third kappa shape index (κ3) is 45.5. The monoisotopic (exact) mass is 821 g/mol. The van der Waals surface area contributed by atoms with Gasteiger partial charge in [-0.2, -0.15) is 0 Å². The fourth-order valence-electron chi connectivity index (χ4n) is 7.86. The molecule has 0 heterocycles. The van der Waals surface area contributed by atoms with Crippen molar-refractivity contribution >= 4 is 17.9 Å². The molecule has 6 nitrogen and oxygen atoms in total. The molecule has 0 spiro atoms. The largest absolute Gasteiger partial charge is 0.462 e. The SMILES string of the molecule is CCCCCCCCCCCCCCCCCCCCC(=O)OC[C@H](COC(=O)CCCCCCCCC(C)C)OC(=O)CCCCCCCCCCCCCCC. The molecule has 1 atom stereocenters. The van der Waals surface area contributed by atoms with Crippen molar-refractivity contribution in [1.82, 2.24) is 0 Å². The molecule has 0 aromatic heterocycles. The van der Waals surface area contributed by atoms with Gasteiger partial charge in [-0.25, -0.2) is 0 Å². The normalized spacial score (nSPS) is 11.9. The van der Waals surface area contributed by atoms with E-state index in [9.17, 15) is 14.4 Å². The van der Waals surface area contributed by atoms with Crippen LogP contribution in [0.1, 0.15) is 291 Å². The Labute approximate surface area is 361 Å². The van der Waals surface area contributed by atoms with E-state index in [1.807, 2.05) is 0 Å². The zero-order valence-electron chi connectivity index (χ0n) is 39.5. The lowest BCUT2D eigenvalue weighted by atomic mass is 10.0. The molecule has 0 aliphatic rings. The van der Waals surface area contributed by atoms with Gasteiger partial charge in [-0.3, -0.25) is 14.4 Å². The van der Waals surface area contributed by atoms with E-state index < -0.39 is 6.10 Å². The minimum absolute atomic E-state index is 0.0636. The van der Waals surface area contributed by atoms with E-state index in [0.717, 1.165) is 63.7 Å². The highest BCUT2D eigenvalue weighted by molar-refractivity contribution is 5.71. The Hall–Kier alpha value is -1.59. The maximum absolute atomic E-state index is 12.8. The van der Waals surface area contributed by atoms with Crippen LogP contribution >= 0.6 is 0 Å². The molecule has 0 aromatic carbocycles. The molecule has 0 saturated heterocycles. The maximum atomic E-state index is 12.8. The number of carbonyl (C=O) groups excluding carboxylic acids is 3. The molecule has 6 heteroatoms. The fraction of sp³-hybridized carbons (Fsp3) is 0.942. The first kappa shape index (κ1) is 56.4. The van der Waals surface area contributed by atoms with Crippen LogP contribution in [-0.2, 0) is 28.6 Å². The summed E-state index contributed by atoms with van der Waals surface area (Å²) in [5.41, 5.74) is 0. The highest BCUT2D eigenvalue weighted by atomic mass is 16.6. The first-order valence-electron chi connectivity index (χ1n) is 25.9. The van der Waals surface area contributed by atoms with Crippen molar-refractivity contribution in [2.45, 2.75) is 297 Å². The molecule has 0 bridgehead atoms. The Kier molecular flexibility index (Phi) is 45.2. The summed E-state index contributed by atoms with van der Waals surface area (Å²) >= 11 is 0. The van der Waals surface area contributed by atoms with E-state index >= 15 is 0 Å². The van der Waals surface area contributed by atoms with Gasteiger partial charge in [0.15, 0.2) is 6.10 Å². The number of ether oxygens (including phenoxy) is 3. The van der Waals surface area contributed by atoms with Gasteiger partial charge < -0.3 is 14.2 Å². The second-order valence-corrected chi connectivity index (χ2v) is 18.3. The molecule has 0 fully saturated rings. The van der Waals surface area contributed by atoms with Crippen LogP contribution in [0.4, 0.5) is 0 Å². The summed E-state index contributed by atoms with van der Waals surface area (Å²) in [5.74, 6) is -0.0867. The quantitative estimate of drug-likeness (QED) is 0.0346. The Morgan fingerprint density at radius 3 is 0.845 bits per heavy atom. The number of esters is 3. The van der Waals surface area contributed by atoms with Crippen molar-refractivity contribution < 1.29 is 28.6 Å². The van der Waals surface area contributed by atoms with Gasteiger partial charge in [0.05, 0.1) is 0 Å². The van der Waals surface area contributed by atoms with Crippen LogP contribution < -0.4 is 0 Å². The number of rotatable bonds is 47. The standard InChI is InChI=1S/C52H100O6/c1-5-7-9-11-13-15-17-19-20-21-22-23-25-26-28-30-35-39-43-50(53)56-46-49(47-57-51(54)44-40-36-33-32-34-38-42-48(3)4)58-52(55)45-41-37-31-29-27-24-18-16-14-12-10-8-6-2/h48-49H,5-47H2,1-4H3/t49-/m1/s1. The van der Waals surface area contributed by atoms with Gasteiger partial charge in [0.25, 0.3) is 0 Å². The molecule has 0 unspecified atom stereocenters. The molecule has 0 amide bonds. The fourth-order valence-corrected chi connectivity index (χ4v) is 7.86. The molecule has 0 aliphatic heterocycles. The zero-order chi connectivity index (χ0) is 42.4. The van der Waals surface area contributed by atoms with Crippen molar-refractivity contribution in [2.24, 2.45) is 5.92 Å². The Morgan fingerprint density at radius 1 is 0.328 bits per heavy atom. The van der Waals surface area contributed by atoms with Crippen molar-refractivity contribution in [3.63, 3.8) is 0 Å². The smallest absolute Gasteiger partial charge is 0.306 e. The van der Waals surface area contributed by atoms with Gasteiger partial charge in [0.2, 0.25) is 0 Å². The average molecular weight is 821 g/mol. The Balaban J connectivity index is 4.23. The predicted octanol–water partition coefficient (Wildman–Crippen LogP) is 16.7. The van der Waals surface area contributed by atoms with Gasteiger partial charge >= 0.3 is 17.9 Å². The van der Waals surface area contributed by atoms with Crippen LogP contribution in [0.2, 0.25) is 0 Å². The minimum Gasteiger partial charge on any atom is -0.462 e. The van der Waals surface area contributed by atoms with Crippen LogP contribution in [0.25, 0.3) is 0 Å². The third-order valence-electron chi connectivity index (χ3n) is 11.8. The molecule has 0 N–H and O–H groups in total. The number of hydrogen-bond donors (Lipinski definition) is 0. The van der Waals surface area contributed by atoms with Gasteiger partial charge in [0, 0.05) is 19.3 Å². The maximum Gasteiger partial charge on any atom is 0.306 e. The van der Waals surface area contributed by atoms with E-state index in [0.29, 0.717) is 19.3 Å². The lowest BCUT2D eigenvalue weighted by Crippen LogP contribution is -2.30. The number of unbranched alkanes of at least 4 members (excludes halogenated alkanes) is 34. The summed E-state index contributed by atoms with van der Waals surface area (Å²) in [5, 5.41) is 0. The van der Waals surface area contributed by atoms with Crippen LogP contribution in [0.3, 0.4) is 0 Å². The number of carbonyl (C=O) groups is 3. The van der Waals surface area contributed by atoms with Crippen LogP contribution in [0.5, 0.6) is 0 Å². The van der Waals surface area contributed by atoms with E-state index in [2.05, 4.69) is 27.7 Å². The molecule has 344 valence electrons. The first-order chi connectivity index (χ1) is 28.4. The Bertz CT molecular complexity index is 872. The van der Waals surface area contributed by atoms with E-state index in [-0.39, 0.29) is 31.1 Å². The minimum atomic E-state index is -0.761. The highest BCUT2D eigenvalue weighted by Crippen LogP contribution is 2.17. The molecule has 0 rings (SSSR count). The lowest BCUT2D eigenvalue weighted by molar-refractivity contribution is -0.167. The zero-order valence-corrected chi connectivity index (χ0v) is 39.5. The number of hydrogen-bond acceptors (Lipinski definition) is 6. The Morgan fingerprint density at radius 2 is 0.569 bits per heavy atom. The lowest BCUT2D eigenvalue weighted by Gasteiger charge is -2.18. The van der Waals surface area contributed by atoms with Crippen LogP contribution in [-0.4, -0.2) is 37.2 Å². The summed E-state index contributed by atoms with van der Waals surface area (Å²) in [6.45, 7) is 8.96. The van der Waals surface area contributed by atoms with Gasteiger partial charge in [-0.15, -0.1) is 0 Å². The van der Waals surface area contributed by atoms with Crippen LogP contribution in [0, 0.1) is 5.92 Å². The van der Waals surface area contributed by atoms with E-state index in [1.54, 1.807) is 0 Å². The molecule has 0 aliphatic carbocycles. The van der Waals surface area contributed by atoms with Crippen molar-refractivity contribution in [3.8, 4) is 0 Å². The summed E-state index contributed by atoms with van der Waals surface area (Å²) in [6, 6.07) is 0. The van der Waals surface area contributed by atoms with Crippen molar-refractivity contribution in [3.05, 3.63) is 0 Å². The molecule has 58 heavy (non-hydrogen) atoms. The molecule has 0 saturated carbocycles. The molecular weight excluding hydrogens is 721 g/mol. The summed E-state index contributed by atoms with van der Waals surface area (Å²) < 4.78 is 16.8. The van der Waals surface area contributed by atoms with E-state index in [4.69, 9.17) is 14.2 Å². The summed E-state index contributed by atoms with van der Waals surface area (Å²) in [6.07, 6.45) is 48.2. The highest BCUT2D eigenvalue weighted by Gasteiger charge is 2.19. The van der Waals surface area contributed by atoms with Crippen LogP contribution in [0.15, 0.2) is 0 Å². The first-order valence-corrected chi connectivity index (χ1v) is 25.9. The molecule has 0 aromatic rings. The second kappa shape index (κ2) is 46.5. The topological polar surface area (TPSA) is 78.9 Å². The molecular formula is C52H100O6. The van der Waals surface area contributed by atoms with Crippen molar-refractivity contribution in [1.29, 1.82) is 0 Å². The third-order valence-corrected chi connectivity index (χ3v) is 11.8.